The van der Waals surface area contributed by atoms with Crippen molar-refractivity contribution in [1.82, 2.24) is 39.1 Å². The zero-order chi connectivity index (χ0) is 94.3. The number of rotatable bonds is 14. The third kappa shape index (κ3) is 69.4. The van der Waals surface area contributed by atoms with Crippen LogP contribution in [0.1, 0.15) is 149 Å². The molecule has 0 saturated heterocycles. The smallest absolute Gasteiger partial charge is 2.00 e. The van der Waals surface area contributed by atoms with Gasteiger partial charge in [-0.05, 0) is 162 Å². The minimum atomic E-state index is -1.13. The second-order valence-electron chi connectivity index (χ2n) is 24.8. The van der Waals surface area contributed by atoms with Crippen LogP contribution < -0.4 is 71.5 Å². The van der Waals surface area contributed by atoms with Crippen LogP contribution in [-0.2, 0) is 185 Å². The van der Waals surface area contributed by atoms with E-state index in [-0.39, 0.29) is 241 Å². The van der Waals surface area contributed by atoms with Crippen LogP contribution in [-0.4, -0.2) is 98.8 Å². The van der Waals surface area contributed by atoms with E-state index in [1.807, 2.05) is 79.7 Å². The Hall–Kier alpha value is -12.4. The average molecular weight is 2220 g/mol. The summed E-state index contributed by atoms with van der Waals surface area (Å²) in [7, 11) is 0. The summed E-state index contributed by atoms with van der Waals surface area (Å²) >= 11 is 0. The topological polar surface area (TPSA) is 688 Å². The molecule has 0 aliphatic carbocycles. The first kappa shape index (κ1) is 151. The van der Waals surface area contributed by atoms with Crippen molar-refractivity contribution in [3.05, 3.63) is 429 Å². The zero-order valence-corrected chi connectivity index (χ0v) is 83.8. The number of carbonyl (C=O) groups is 10. The van der Waals surface area contributed by atoms with Gasteiger partial charge in [-0.15, -0.1) is 0 Å². The van der Waals surface area contributed by atoms with Crippen molar-refractivity contribution >= 4 is 59.7 Å². The predicted molar refractivity (Wildman–Crippen MR) is 446 cm³/mol. The van der Waals surface area contributed by atoms with Crippen molar-refractivity contribution in [1.29, 1.82) is 0 Å². The third-order valence-corrected chi connectivity index (χ3v) is 15.0. The molecule has 0 aliphatic rings. The molecule has 36 nitrogen and oxygen atoms in total. The molecule has 0 fully saturated rings. The second-order valence-corrected chi connectivity index (χ2v) is 24.8. The van der Waals surface area contributed by atoms with Gasteiger partial charge in [0.2, 0.25) is 0 Å². The minimum absolute atomic E-state index is 0. The molecule has 0 aliphatic heterocycles. The summed E-state index contributed by atoms with van der Waals surface area (Å²) in [5.74, 6) is -11.3. The fraction of sp³-hybridized carbons (Fsp3) is 0.128. The summed E-state index contributed by atoms with van der Waals surface area (Å²) in [6, 6.07) is 88.2. The number of carbonyl (C=O) groups excluding carboxylic acids is 10. The van der Waals surface area contributed by atoms with Gasteiger partial charge in [0.25, 0.3) is 0 Å². The van der Waals surface area contributed by atoms with Crippen molar-refractivity contribution in [3.63, 3.8) is 0 Å². The number of hydrogen-bond donors (Lipinski definition) is 0. The van der Waals surface area contributed by atoms with Crippen molar-refractivity contribution in [3.8, 4) is 0 Å². The number of benzene rings is 10. The molecular weight excluding hydrogens is 2130 g/mol. The molecule has 44 heteroatoms. The zero-order valence-electron chi connectivity index (χ0n) is 74.4. The number of aromatic nitrogens is 8. The van der Waals surface area contributed by atoms with Crippen LogP contribution in [0.15, 0.2) is 328 Å². The Morgan fingerprint density at radius 1 is 0.196 bits per heavy atom. The molecule has 730 valence electrons. The fourth-order valence-corrected chi connectivity index (χ4v) is 8.96. The molecule has 6 N–H and O–H groups in total. The van der Waals surface area contributed by atoms with E-state index in [9.17, 15) is 119 Å². The van der Waals surface area contributed by atoms with Gasteiger partial charge in [0, 0.05) is 22.8 Å². The van der Waals surface area contributed by atoms with E-state index < -0.39 is 59.7 Å². The molecular formula is C94H92Mn8N8O28+2. The summed E-state index contributed by atoms with van der Waals surface area (Å²) in [4.78, 5) is 101. The summed E-state index contributed by atoms with van der Waals surface area (Å²) in [5, 5.41) is 158. The predicted octanol–water partition coefficient (Wildman–Crippen LogP) is -2.33. The number of carboxylic acids is 10. The largest absolute Gasteiger partial charge is 3.00 e. The molecule has 0 bridgehead atoms. The quantitative estimate of drug-likeness (QED) is 0.0814. The first-order valence-corrected chi connectivity index (χ1v) is 37.0. The maximum absolute atomic E-state index is 10.3. The number of aryl methyl sites for hydroxylation is 8. The SMILES string of the molecule is Cc1cc(C)n(C[O-])n1.Cc1cc(C)n(C[O-])n1.Cc1cc(C)n(C[O-])n1.Cc1cc(C)n(C[O-])n1.O=C([O-])c1ccccc1.O=C([O-])c1ccccc1.O=C([O-])c1ccccc1.O=C([O-])c1ccccc1.O=C([O-])c1ccccc1.O=C([O-])c1ccccc1.O=C([O-])c1ccccc1.O=C([O-])c1ccccc1.O=C([O-])c1ccccc1.O=C([O-])c1ccccc1.[Mn+2].[Mn+2].[Mn+2].[Mn+2].[Mn+2].[Mn+2].[Mn+3].[Mn+3].[O-2].[O-2].[OH3+].[OH3+]. The van der Waals surface area contributed by atoms with Gasteiger partial charge in [-0.2, -0.15) is 20.4 Å². The monoisotopic (exact) mass is 2220 g/mol. The second kappa shape index (κ2) is 89.8. The van der Waals surface area contributed by atoms with Crippen molar-refractivity contribution in [2.45, 2.75) is 82.3 Å². The molecule has 0 atom stereocenters. The molecule has 0 unspecified atom stereocenters. The maximum atomic E-state index is 10.3. The van der Waals surface area contributed by atoms with Gasteiger partial charge in [0.05, 0.1) is 82.5 Å². The molecule has 0 spiro atoms. The Morgan fingerprint density at radius 3 is 0.312 bits per heavy atom. The standard InChI is InChI=1S/10C7H6O2.4C6H9N2O.8Mn.2H2O.2O/c10*8-7(9)6-4-2-1-3-5-6;4*1-5-3-6(2)8(4-9)7-5;;;;;;;;;;;;/h10*1-5H,(H,8,9);4*3H,4H2,1-2H3;;;;;;;;;2*1H2;;/q;;;;;;;;;;4*-1;6*+2;2*+3;;;2*-2/p-8. The number of hydrogen-bond acceptors (Lipinski definition) is 28. The van der Waals surface area contributed by atoms with E-state index in [1.165, 1.54) is 140 Å². The van der Waals surface area contributed by atoms with Gasteiger partial charge in [-0.25, -0.2) is 0 Å². The molecule has 4 aromatic heterocycles. The Morgan fingerprint density at radius 2 is 0.275 bits per heavy atom. The molecule has 0 amide bonds. The Kier molecular flexibility index (Phi) is 98.3. The summed E-state index contributed by atoms with van der Waals surface area (Å²) in [5.41, 5.74) is 9.55. The Labute approximate surface area is 880 Å². The third-order valence-electron chi connectivity index (χ3n) is 15.0. The average Bonchev–Trinajstić information content (AvgIpc) is 1.77. The van der Waals surface area contributed by atoms with Crippen molar-refractivity contribution in [2.75, 3.05) is 0 Å². The number of aromatic carboxylic acids is 10. The fourth-order valence-electron chi connectivity index (χ4n) is 8.96. The van der Waals surface area contributed by atoms with E-state index in [0.717, 1.165) is 45.6 Å². The number of carboxylic acid groups (broad SMARTS) is 10. The van der Waals surface area contributed by atoms with Gasteiger partial charge < -0.3 is 141 Å². The van der Waals surface area contributed by atoms with E-state index >= 15 is 0 Å². The van der Waals surface area contributed by atoms with Crippen LogP contribution in [0.4, 0.5) is 0 Å². The van der Waals surface area contributed by atoms with E-state index in [1.54, 1.807) is 182 Å². The van der Waals surface area contributed by atoms with Gasteiger partial charge in [-0.1, -0.05) is 303 Å². The van der Waals surface area contributed by atoms with Crippen LogP contribution in [0.5, 0.6) is 0 Å². The summed E-state index contributed by atoms with van der Waals surface area (Å²) < 4.78 is 5.76. The maximum Gasteiger partial charge on any atom is 3.00 e. The minimum Gasteiger partial charge on any atom is -2.00 e. The first-order chi connectivity index (χ1) is 60.0. The van der Waals surface area contributed by atoms with Gasteiger partial charge in [0.1, 0.15) is 0 Å². The summed E-state index contributed by atoms with van der Waals surface area (Å²) in [6.45, 7) is 13.9. The molecule has 14 aromatic rings. The van der Waals surface area contributed by atoms with Crippen LogP contribution in [0.2, 0.25) is 0 Å². The Balaban J connectivity index is -0.000000123. The van der Waals surface area contributed by atoms with Gasteiger partial charge in [-0.3, -0.25) is 18.7 Å². The molecule has 4 heterocycles. The van der Waals surface area contributed by atoms with Crippen molar-refractivity contribution < 1.29 is 278 Å². The molecule has 14 rings (SSSR count). The number of nitrogens with zero attached hydrogens (tertiary/aromatic N) is 8. The van der Waals surface area contributed by atoms with Crippen LogP contribution in [0.3, 0.4) is 0 Å². The first-order valence-electron chi connectivity index (χ1n) is 37.0. The van der Waals surface area contributed by atoms with Gasteiger partial charge >= 0.3 is 137 Å². The molecule has 10 aromatic carbocycles. The van der Waals surface area contributed by atoms with Crippen LogP contribution >= 0.6 is 0 Å². The van der Waals surface area contributed by atoms with E-state index in [4.69, 9.17) is 0 Å². The van der Waals surface area contributed by atoms with Gasteiger partial charge in [0.15, 0.2) is 0 Å². The normalized spacial score (nSPS) is 8.43. The van der Waals surface area contributed by atoms with E-state index in [2.05, 4.69) is 20.4 Å². The molecule has 6 radical (unpaired) electrons. The van der Waals surface area contributed by atoms with E-state index in [0.29, 0.717) is 0 Å². The molecule has 0 saturated carbocycles. The summed E-state index contributed by atoms with van der Waals surface area (Å²) in [6.07, 6.45) is 0. The molecule has 138 heavy (non-hydrogen) atoms. The Bertz CT molecular complexity index is 4500. The van der Waals surface area contributed by atoms with Crippen molar-refractivity contribution in [2.24, 2.45) is 0 Å². The van der Waals surface area contributed by atoms with Crippen LogP contribution in [0, 0.1) is 55.4 Å². The van der Waals surface area contributed by atoms with Crippen LogP contribution in [0.25, 0.3) is 0 Å².